The number of halogens is 1. The van der Waals surface area contributed by atoms with Crippen molar-refractivity contribution in [2.45, 2.75) is 9.79 Å². The molecule has 0 unspecified atom stereocenters. The van der Waals surface area contributed by atoms with Crippen LogP contribution in [0.5, 0.6) is 0 Å². The maximum absolute atomic E-state index is 13.5. The summed E-state index contributed by atoms with van der Waals surface area (Å²) in [6.07, 6.45) is 4.09. The molecule has 0 bridgehead atoms. The highest BCUT2D eigenvalue weighted by Gasteiger charge is 2.06. The smallest absolute Gasteiger partial charge is 0.150 e. The van der Waals surface area contributed by atoms with Crippen LogP contribution in [0.4, 0.5) is 4.39 Å². The van der Waals surface area contributed by atoms with E-state index >= 15 is 0 Å². The first kappa shape index (κ1) is 10.9. The Kier molecular flexibility index (Phi) is 3.05. The summed E-state index contributed by atoms with van der Waals surface area (Å²) < 4.78 is 15.2. The maximum Gasteiger partial charge on any atom is 0.150 e. The van der Waals surface area contributed by atoms with E-state index in [0.717, 1.165) is 4.90 Å². The van der Waals surface area contributed by atoms with Gasteiger partial charge in [-0.05, 0) is 12.1 Å². The summed E-state index contributed by atoms with van der Waals surface area (Å²) in [4.78, 5) is 11.8. The van der Waals surface area contributed by atoms with Crippen LogP contribution in [0.1, 0.15) is 10.4 Å². The molecular weight excluding hydrogens is 227 g/mol. The number of aryl methyl sites for hydroxylation is 1. The van der Waals surface area contributed by atoms with E-state index in [4.69, 9.17) is 0 Å². The zero-order chi connectivity index (χ0) is 11.5. The Hall–Kier alpha value is -1.62. The minimum atomic E-state index is -0.390. The van der Waals surface area contributed by atoms with Crippen molar-refractivity contribution in [1.29, 1.82) is 0 Å². The van der Waals surface area contributed by atoms with Gasteiger partial charge in [0.25, 0.3) is 0 Å². The van der Waals surface area contributed by atoms with Gasteiger partial charge in [-0.15, -0.1) is 0 Å². The van der Waals surface area contributed by atoms with Crippen molar-refractivity contribution in [3.05, 3.63) is 42.0 Å². The third kappa shape index (κ3) is 2.30. The number of hydrogen-bond donors (Lipinski definition) is 0. The van der Waals surface area contributed by atoms with Crippen LogP contribution >= 0.6 is 11.8 Å². The van der Waals surface area contributed by atoms with Crippen molar-refractivity contribution in [2.24, 2.45) is 7.05 Å². The van der Waals surface area contributed by atoms with Crippen molar-refractivity contribution in [3.8, 4) is 0 Å². The molecule has 0 atom stereocenters. The minimum Gasteiger partial charge on any atom is -0.298 e. The Morgan fingerprint density at radius 2 is 2.31 bits per heavy atom. The quantitative estimate of drug-likeness (QED) is 0.768. The first-order chi connectivity index (χ1) is 7.69. The summed E-state index contributed by atoms with van der Waals surface area (Å²) in [5, 5.41) is 3.99. The number of benzene rings is 1. The molecule has 0 saturated carbocycles. The average molecular weight is 236 g/mol. The monoisotopic (exact) mass is 236 g/mol. The number of nitrogens with zero attached hydrogens (tertiary/aromatic N) is 2. The zero-order valence-corrected chi connectivity index (χ0v) is 9.37. The molecule has 0 aliphatic heterocycles. The third-order valence-electron chi connectivity index (χ3n) is 2.00. The topological polar surface area (TPSA) is 34.9 Å². The zero-order valence-electron chi connectivity index (χ0n) is 8.55. The molecule has 0 aliphatic rings. The molecule has 0 radical (unpaired) electrons. The predicted molar refractivity (Wildman–Crippen MR) is 59.1 cm³/mol. The summed E-state index contributed by atoms with van der Waals surface area (Å²) in [5.41, 5.74) is 0.341. The Balaban J connectivity index is 2.25. The molecule has 3 nitrogen and oxygen atoms in total. The third-order valence-corrected chi connectivity index (χ3v) is 3.00. The number of carbonyl (C=O) groups excluding carboxylic acids is 1. The lowest BCUT2D eigenvalue weighted by Gasteiger charge is -2.00. The molecule has 0 saturated heterocycles. The summed E-state index contributed by atoms with van der Waals surface area (Å²) >= 11 is 1.28. The fraction of sp³-hybridized carbons (Fsp3) is 0.0909. The average Bonchev–Trinajstić information content (AvgIpc) is 2.67. The Bertz CT molecular complexity index is 524. The summed E-state index contributed by atoms with van der Waals surface area (Å²) in [6.45, 7) is 0. The number of aromatic nitrogens is 2. The first-order valence-electron chi connectivity index (χ1n) is 4.60. The van der Waals surface area contributed by atoms with Crippen LogP contribution in [0.3, 0.4) is 0 Å². The van der Waals surface area contributed by atoms with Gasteiger partial charge in [0.1, 0.15) is 12.1 Å². The Morgan fingerprint density at radius 1 is 1.50 bits per heavy atom. The highest BCUT2D eigenvalue weighted by Crippen LogP contribution is 2.29. The van der Waals surface area contributed by atoms with Gasteiger partial charge in [-0.1, -0.05) is 17.8 Å². The Labute approximate surface area is 96.3 Å². The van der Waals surface area contributed by atoms with E-state index in [1.165, 1.54) is 17.8 Å². The van der Waals surface area contributed by atoms with Crippen LogP contribution in [0.25, 0.3) is 0 Å². The van der Waals surface area contributed by atoms with E-state index in [0.29, 0.717) is 16.7 Å². The van der Waals surface area contributed by atoms with Gasteiger partial charge in [0.2, 0.25) is 0 Å². The molecule has 0 N–H and O–H groups in total. The minimum absolute atomic E-state index is 0.341. The van der Waals surface area contributed by atoms with E-state index in [1.54, 1.807) is 36.3 Å². The molecule has 0 fully saturated rings. The van der Waals surface area contributed by atoms with Gasteiger partial charge in [-0.2, -0.15) is 5.10 Å². The van der Waals surface area contributed by atoms with Gasteiger partial charge < -0.3 is 0 Å². The molecule has 16 heavy (non-hydrogen) atoms. The van der Waals surface area contributed by atoms with E-state index in [9.17, 15) is 9.18 Å². The standard InChI is InChI=1S/C11H9FN2OS/c1-14-6-9(5-13-14)16-11-3-2-8(7-15)4-10(11)12/h2-7H,1H3. The Morgan fingerprint density at radius 3 is 2.88 bits per heavy atom. The summed E-state index contributed by atoms with van der Waals surface area (Å²) in [5.74, 6) is -0.390. The number of rotatable bonds is 3. The second-order valence-electron chi connectivity index (χ2n) is 3.26. The maximum atomic E-state index is 13.5. The highest BCUT2D eigenvalue weighted by molar-refractivity contribution is 7.99. The highest BCUT2D eigenvalue weighted by atomic mass is 32.2. The van der Waals surface area contributed by atoms with Crippen LogP contribution in [0.2, 0.25) is 0 Å². The van der Waals surface area contributed by atoms with Crippen LogP contribution in [0, 0.1) is 5.82 Å². The molecule has 2 aromatic rings. The van der Waals surface area contributed by atoms with Crippen molar-refractivity contribution in [3.63, 3.8) is 0 Å². The van der Waals surface area contributed by atoms with Gasteiger partial charge in [-0.25, -0.2) is 4.39 Å². The van der Waals surface area contributed by atoms with Gasteiger partial charge >= 0.3 is 0 Å². The molecule has 0 amide bonds. The van der Waals surface area contributed by atoms with Gasteiger partial charge in [0.05, 0.1) is 11.1 Å². The molecule has 1 heterocycles. The van der Waals surface area contributed by atoms with E-state index in [2.05, 4.69) is 5.10 Å². The van der Waals surface area contributed by atoms with Crippen molar-refractivity contribution in [2.75, 3.05) is 0 Å². The molecule has 5 heteroatoms. The second kappa shape index (κ2) is 4.49. The van der Waals surface area contributed by atoms with E-state index < -0.39 is 5.82 Å². The first-order valence-corrected chi connectivity index (χ1v) is 5.42. The number of hydrogen-bond acceptors (Lipinski definition) is 3. The SMILES string of the molecule is Cn1cc(Sc2ccc(C=O)cc2F)cn1. The fourth-order valence-corrected chi connectivity index (χ4v) is 2.10. The summed E-state index contributed by atoms with van der Waals surface area (Å²) in [6, 6.07) is 4.41. The van der Waals surface area contributed by atoms with E-state index in [-0.39, 0.29) is 0 Å². The molecule has 82 valence electrons. The van der Waals surface area contributed by atoms with Crippen molar-refractivity contribution >= 4 is 18.0 Å². The fourth-order valence-electron chi connectivity index (χ4n) is 1.25. The van der Waals surface area contributed by atoms with Crippen LogP contribution < -0.4 is 0 Å². The van der Waals surface area contributed by atoms with E-state index in [1.807, 2.05) is 0 Å². The number of carbonyl (C=O) groups is 1. The van der Waals surface area contributed by atoms with Crippen molar-refractivity contribution < 1.29 is 9.18 Å². The molecule has 0 spiro atoms. The molecule has 2 rings (SSSR count). The largest absolute Gasteiger partial charge is 0.298 e. The predicted octanol–water partition coefficient (Wildman–Crippen LogP) is 2.52. The molecule has 0 aliphatic carbocycles. The summed E-state index contributed by atoms with van der Waals surface area (Å²) in [7, 11) is 1.80. The molecular formula is C11H9FN2OS. The van der Waals surface area contributed by atoms with Crippen LogP contribution in [-0.4, -0.2) is 16.1 Å². The lowest BCUT2D eigenvalue weighted by molar-refractivity contribution is 0.112. The molecule has 1 aromatic heterocycles. The van der Waals surface area contributed by atoms with Crippen LogP contribution in [-0.2, 0) is 7.05 Å². The lowest BCUT2D eigenvalue weighted by Crippen LogP contribution is -1.85. The van der Waals surface area contributed by atoms with Gasteiger partial charge in [0, 0.05) is 23.7 Å². The normalized spacial score (nSPS) is 10.4. The second-order valence-corrected chi connectivity index (χ2v) is 4.37. The van der Waals surface area contributed by atoms with Crippen molar-refractivity contribution in [1.82, 2.24) is 9.78 Å². The lowest BCUT2D eigenvalue weighted by atomic mass is 10.2. The van der Waals surface area contributed by atoms with Crippen LogP contribution in [0.15, 0.2) is 40.4 Å². The van der Waals surface area contributed by atoms with Gasteiger partial charge in [0.15, 0.2) is 0 Å². The molecule has 1 aromatic carbocycles. The van der Waals surface area contributed by atoms with Gasteiger partial charge in [-0.3, -0.25) is 9.48 Å². The number of aldehydes is 1.